The number of aromatic nitrogens is 1. The van der Waals surface area contributed by atoms with Crippen molar-refractivity contribution in [1.29, 1.82) is 0 Å². The van der Waals surface area contributed by atoms with Gasteiger partial charge in [-0.05, 0) is 30.9 Å². The Hall–Kier alpha value is -1.75. The summed E-state index contributed by atoms with van der Waals surface area (Å²) in [5, 5.41) is 2.84. The fraction of sp³-hybridized carbons (Fsp3) is 0.588. The van der Waals surface area contributed by atoms with Crippen molar-refractivity contribution < 1.29 is 9.53 Å². The van der Waals surface area contributed by atoms with Crippen LogP contribution in [0.5, 0.6) is 0 Å². The minimum atomic E-state index is -0.709. The number of unbranched alkanes of at least 4 members (excludes halogenated alkanes) is 1. The Morgan fingerprint density at radius 3 is 2.68 bits per heavy atom. The van der Waals surface area contributed by atoms with Gasteiger partial charge in [0.05, 0.1) is 6.61 Å². The Balaban J connectivity index is 2.04. The molecule has 1 aromatic heterocycles. The molecule has 5 heteroatoms. The van der Waals surface area contributed by atoms with E-state index in [0.29, 0.717) is 18.1 Å². The summed E-state index contributed by atoms with van der Waals surface area (Å²) in [6, 6.07) is 3.84. The quantitative estimate of drug-likeness (QED) is 0.788. The van der Waals surface area contributed by atoms with E-state index in [1.165, 1.54) is 0 Å². The molecule has 0 aliphatic carbocycles. The normalized spacial score (nSPS) is 21.1. The number of carbonyl (C=O) groups excluding carboxylic acids is 1. The van der Waals surface area contributed by atoms with Crippen LogP contribution in [0.2, 0.25) is 0 Å². The molecule has 0 bridgehead atoms. The lowest BCUT2D eigenvalue weighted by molar-refractivity contribution is -0.124. The van der Waals surface area contributed by atoms with Crippen LogP contribution in [0.15, 0.2) is 23.3 Å². The first-order valence-corrected chi connectivity index (χ1v) is 7.91. The Bertz CT molecular complexity index is 552. The molecule has 22 heavy (non-hydrogen) atoms. The second-order valence-electron chi connectivity index (χ2n) is 6.17. The average Bonchev–Trinajstić information content (AvgIpc) is 2.81. The van der Waals surface area contributed by atoms with E-state index in [4.69, 9.17) is 4.74 Å². The third-order valence-corrected chi connectivity index (χ3v) is 4.14. The van der Waals surface area contributed by atoms with Gasteiger partial charge < -0.3 is 10.1 Å². The molecule has 0 radical (unpaired) electrons. The number of amides is 1. The van der Waals surface area contributed by atoms with Crippen molar-refractivity contribution >= 4 is 11.7 Å². The number of hydrogen-bond acceptors (Lipinski definition) is 4. The SMILES string of the molecule is CCCCOCc1ccc(C2=NC(C)(C(C)C)C(=O)N2)nc1. The molecule has 1 atom stereocenters. The van der Waals surface area contributed by atoms with Gasteiger partial charge in [-0.15, -0.1) is 0 Å². The second-order valence-corrected chi connectivity index (χ2v) is 6.17. The van der Waals surface area contributed by atoms with Gasteiger partial charge >= 0.3 is 0 Å². The zero-order valence-electron chi connectivity index (χ0n) is 13.8. The van der Waals surface area contributed by atoms with Crippen LogP contribution >= 0.6 is 0 Å². The van der Waals surface area contributed by atoms with Crippen LogP contribution in [0, 0.1) is 5.92 Å². The van der Waals surface area contributed by atoms with Crippen molar-refractivity contribution in [3.05, 3.63) is 29.6 Å². The molecule has 2 heterocycles. The molecule has 120 valence electrons. The van der Waals surface area contributed by atoms with E-state index in [1.807, 2.05) is 32.9 Å². The molecule has 0 saturated carbocycles. The average molecular weight is 303 g/mol. The maximum Gasteiger partial charge on any atom is 0.253 e. The molecule has 1 amide bonds. The first-order chi connectivity index (χ1) is 10.5. The van der Waals surface area contributed by atoms with Crippen LogP contribution in [0.1, 0.15) is 51.8 Å². The summed E-state index contributed by atoms with van der Waals surface area (Å²) in [5.41, 5.74) is 1.00. The predicted octanol–water partition coefficient (Wildman–Crippen LogP) is 2.69. The van der Waals surface area contributed by atoms with E-state index < -0.39 is 5.54 Å². The molecule has 0 aromatic carbocycles. The van der Waals surface area contributed by atoms with Crippen molar-refractivity contribution in [3.63, 3.8) is 0 Å². The lowest BCUT2D eigenvalue weighted by atomic mass is 9.89. The number of pyridine rings is 1. The number of hydrogen-bond donors (Lipinski definition) is 1. The standard InChI is InChI=1S/C17H25N3O2/c1-5-6-9-22-11-13-7-8-14(18-10-13)15-19-16(21)17(4,20-15)12(2)3/h7-8,10,12H,5-6,9,11H2,1-4H3,(H,19,20,21). The first kappa shape index (κ1) is 16.6. The minimum Gasteiger partial charge on any atom is -0.377 e. The Kier molecular flexibility index (Phi) is 5.29. The maximum atomic E-state index is 12.1. The number of nitrogens with zero attached hydrogens (tertiary/aromatic N) is 2. The fourth-order valence-electron chi connectivity index (χ4n) is 2.14. The topological polar surface area (TPSA) is 63.6 Å². The zero-order chi connectivity index (χ0) is 16.2. The zero-order valence-corrected chi connectivity index (χ0v) is 13.8. The summed E-state index contributed by atoms with van der Waals surface area (Å²) in [7, 11) is 0. The molecule has 0 fully saturated rings. The van der Waals surface area contributed by atoms with Crippen molar-refractivity contribution in [2.75, 3.05) is 6.61 Å². The van der Waals surface area contributed by atoms with Gasteiger partial charge in [0.2, 0.25) is 0 Å². The highest BCUT2D eigenvalue weighted by molar-refractivity contribution is 6.14. The number of aliphatic imine (C=N–C) groups is 1. The molecular weight excluding hydrogens is 278 g/mol. The number of amidine groups is 1. The van der Waals surface area contributed by atoms with Crippen molar-refractivity contribution in [3.8, 4) is 0 Å². The number of rotatable bonds is 7. The highest BCUT2D eigenvalue weighted by atomic mass is 16.5. The Morgan fingerprint density at radius 2 is 2.14 bits per heavy atom. The summed E-state index contributed by atoms with van der Waals surface area (Å²) < 4.78 is 5.57. The summed E-state index contributed by atoms with van der Waals surface area (Å²) in [5.74, 6) is 0.627. The lowest BCUT2D eigenvalue weighted by Crippen LogP contribution is -2.41. The van der Waals surface area contributed by atoms with Crippen molar-refractivity contribution in [1.82, 2.24) is 10.3 Å². The largest absolute Gasteiger partial charge is 0.377 e. The number of ether oxygens (including phenoxy) is 1. The van der Waals surface area contributed by atoms with Crippen molar-refractivity contribution in [2.24, 2.45) is 10.9 Å². The molecular formula is C17H25N3O2. The summed E-state index contributed by atoms with van der Waals surface area (Å²) in [6.45, 7) is 9.33. The molecule has 1 aliphatic heterocycles. The van der Waals surface area contributed by atoms with E-state index in [1.54, 1.807) is 6.20 Å². The molecule has 1 unspecified atom stereocenters. The maximum absolute atomic E-state index is 12.1. The lowest BCUT2D eigenvalue weighted by Gasteiger charge is -2.21. The number of nitrogens with one attached hydrogen (secondary N) is 1. The van der Waals surface area contributed by atoms with Gasteiger partial charge in [0.25, 0.3) is 5.91 Å². The van der Waals surface area contributed by atoms with Crippen LogP contribution in [0.3, 0.4) is 0 Å². The van der Waals surface area contributed by atoms with Gasteiger partial charge in [-0.3, -0.25) is 9.78 Å². The van der Waals surface area contributed by atoms with E-state index in [2.05, 4.69) is 22.2 Å². The molecule has 0 spiro atoms. The van der Waals surface area contributed by atoms with Gasteiger partial charge in [0.15, 0.2) is 5.84 Å². The molecule has 0 saturated heterocycles. The molecule has 1 N–H and O–H groups in total. The van der Waals surface area contributed by atoms with Crippen molar-refractivity contribution in [2.45, 2.75) is 52.7 Å². The summed E-state index contributed by atoms with van der Waals surface area (Å²) in [4.78, 5) is 21.1. The van der Waals surface area contributed by atoms with Gasteiger partial charge in [-0.1, -0.05) is 33.3 Å². The summed E-state index contributed by atoms with van der Waals surface area (Å²) in [6.07, 6.45) is 3.98. The second kappa shape index (κ2) is 7.01. The van der Waals surface area contributed by atoms with Gasteiger partial charge in [0, 0.05) is 12.8 Å². The molecule has 1 aliphatic rings. The Labute approximate surface area is 132 Å². The van der Waals surface area contributed by atoms with Crippen LogP contribution in [-0.2, 0) is 16.1 Å². The fourth-order valence-corrected chi connectivity index (χ4v) is 2.14. The highest BCUT2D eigenvalue weighted by Crippen LogP contribution is 2.26. The smallest absolute Gasteiger partial charge is 0.253 e. The summed E-state index contributed by atoms with van der Waals surface area (Å²) >= 11 is 0. The minimum absolute atomic E-state index is 0.0636. The highest BCUT2D eigenvalue weighted by Gasteiger charge is 2.42. The van der Waals surface area contributed by atoms with Gasteiger partial charge in [0.1, 0.15) is 11.2 Å². The third kappa shape index (κ3) is 3.53. The van der Waals surface area contributed by atoms with E-state index in [9.17, 15) is 4.79 Å². The van der Waals surface area contributed by atoms with Crippen LogP contribution in [0.4, 0.5) is 0 Å². The van der Waals surface area contributed by atoms with E-state index in [0.717, 1.165) is 25.0 Å². The monoisotopic (exact) mass is 303 g/mol. The van der Waals surface area contributed by atoms with Gasteiger partial charge in [-0.2, -0.15) is 0 Å². The third-order valence-electron chi connectivity index (χ3n) is 4.14. The van der Waals surface area contributed by atoms with Crippen LogP contribution in [-0.4, -0.2) is 28.9 Å². The van der Waals surface area contributed by atoms with Crippen LogP contribution in [0.25, 0.3) is 0 Å². The predicted molar refractivity (Wildman–Crippen MR) is 86.7 cm³/mol. The molecule has 2 rings (SSSR count). The van der Waals surface area contributed by atoms with Gasteiger partial charge in [-0.25, -0.2) is 4.99 Å². The van der Waals surface area contributed by atoms with E-state index in [-0.39, 0.29) is 11.8 Å². The van der Waals surface area contributed by atoms with E-state index >= 15 is 0 Å². The van der Waals surface area contributed by atoms with Crippen LogP contribution < -0.4 is 5.32 Å². The molecule has 1 aromatic rings. The first-order valence-electron chi connectivity index (χ1n) is 7.91. The Morgan fingerprint density at radius 1 is 1.36 bits per heavy atom. The number of carbonyl (C=O) groups is 1. The molecule has 5 nitrogen and oxygen atoms in total.